The quantitative estimate of drug-likeness (QED) is 0.697. The van der Waals surface area contributed by atoms with Gasteiger partial charge in [0.2, 0.25) is 5.91 Å². The molecule has 0 spiro atoms. The van der Waals surface area contributed by atoms with E-state index in [4.69, 9.17) is 5.11 Å². The average molecular weight is 277 g/mol. The van der Waals surface area contributed by atoms with E-state index in [0.29, 0.717) is 12.5 Å². The fraction of sp³-hybridized carbons (Fsp3) is 0.833. The summed E-state index contributed by atoms with van der Waals surface area (Å²) in [5.74, 6) is -0.772. The molecule has 3 atom stereocenters. The number of hydrogen-bond acceptors (Lipinski definition) is 3. The summed E-state index contributed by atoms with van der Waals surface area (Å²) in [6.07, 6.45) is 0.687. The molecule has 106 valence electrons. The van der Waals surface area contributed by atoms with E-state index in [1.54, 1.807) is 13.8 Å². The lowest BCUT2D eigenvalue weighted by Gasteiger charge is -2.16. The molecule has 0 saturated heterocycles. The number of nitrogens with one attached hydrogen (secondary N) is 1. The molecule has 0 heterocycles. The summed E-state index contributed by atoms with van der Waals surface area (Å²) in [5, 5.41) is 10.1. The summed E-state index contributed by atoms with van der Waals surface area (Å²) in [6, 6.07) is 0. The van der Waals surface area contributed by atoms with Gasteiger partial charge in [0.25, 0.3) is 0 Å². The third kappa shape index (κ3) is 6.74. The molecule has 0 radical (unpaired) electrons. The van der Waals surface area contributed by atoms with Gasteiger partial charge in [-0.2, -0.15) is 0 Å². The van der Waals surface area contributed by atoms with Crippen molar-refractivity contribution >= 4 is 22.7 Å². The van der Waals surface area contributed by atoms with Gasteiger partial charge in [0.1, 0.15) is 5.25 Å². The molecular formula is C12H23NO4S. The third-order valence-electron chi connectivity index (χ3n) is 2.60. The number of carbonyl (C=O) groups excluding carboxylic acids is 1. The van der Waals surface area contributed by atoms with Gasteiger partial charge >= 0.3 is 5.97 Å². The number of amides is 1. The molecule has 0 rings (SSSR count). The van der Waals surface area contributed by atoms with Crippen molar-refractivity contribution < 1.29 is 18.9 Å². The van der Waals surface area contributed by atoms with Crippen LogP contribution in [0.2, 0.25) is 0 Å². The van der Waals surface area contributed by atoms with Crippen LogP contribution in [0, 0.1) is 5.92 Å². The maximum Gasteiger partial charge on any atom is 0.304 e. The van der Waals surface area contributed by atoms with Crippen LogP contribution in [0.5, 0.6) is 0 Å². The first-order valence-corrected chi connectivity index (χ1v) is 7.42. The average Bonchev–Trinajstić information content (AvgIpc) is 2.25. The van der Waals surface area contributed by atoms with E-state index in [-0.39, 0.29) is 12.3 Å². The second-order valence-corrected chi connectivity index (χ2v) is 7.02. The monoisotopic (exact) mass is 277 g/mol. The number of rotatable bonds is 8. The van der Waals surface area contributed by atoms with Gasteiger partial charge in [-0.25, -0.2) is 0 Å². The summed E-state index contributed by atoms with van der Waals surface area (Å²) in [6.45, 7) is 7.83. The third-order valence-corrected chi connectivity index (χ3v) is 4.47. The van der Waals surface area contributed by atoms with Crippen molar-refractivity contribution in [3.8, 4) is 0 Å². The molecule has 0 aromatic carbocycles. The molecule has 5 nitrogen and oxygen atoms in total. The minimum Gasteiger partial charge on any atom is -0.481 e. The van der Waals surface area contributed by atoms with Gasteiger partial charge in [-0.15, -0.1) is 0 Å². The standard InChI is InChI=1S/C12H23NO4S/c1-8(2)5-6-13-12(16)10(4)18(17)9(3)7-11(14)15/h8-10H,5-7H2,1-4H3,(H,13,16)(H,14,15). The van der Waals surface area contributed by atoms with Crippen molar-refractivity contribution in [3.05, 3.63) is 0 Å². The van der Waals surface area contributed by atoms with Crippen molar-refractivity contribution in [1.29, 1.82) is 0 Å². The summed E-state index contributed by atoms with van der Waals surface area (Å²) in [4.78, 5) is 22.2. The summed E-state index contributed by atoms with van der Waals surface area (Å²) in [7, 11) is -1.47. The van der Waals surface area contributed by atoms with Crippen LogP contribution in [0.1, 0.15) is 40.5 Å². The van der Waals surface area contributed by atoms with Crippen LogP contribution in [-0.4, -0.2) is 38.2 Å². The van der Waals surface area contributed by atoms with Gasteiger partial charge < -0.3 is 10.4 Å². The predicted molar refractivity (Wildman–Crippen MR) is 71.8 cm³/mol. The number of aliphatic carboxylic acids is 1. The Kier molecular flexibility index (Phi) is 7.82. The van der Waals surface area contributed by atoms with E-state index in [1.807, 2.05) is 0 Å². The molecule has 6 heteroatoms. The van der Waals surface area contributed by atoms with Gasteiger partial charge in [0.05, 0.1) is 6.42 Å². The molecule has 3 unspecified atom stereocenters. The molecule has 0 aliphatic heterocycles. The highest BCUT2D eigenvalue weighted by atomic mass is 32.2. The Bertz CT molecular complexity index is 317. The Morgan fingerprint density at radius 3 is 2.22 bits per heavy atom. The Morgan fingerprint density at radius 2 is 1.78 bits per heavy atom. The molecule has 0 aromatic rings. The van der Waals surface area contributed by atoms with Crippen LogP contribution >= 0.6 is 0 Å². The Balaban J connectivity index is 4.19. The number of carboxylic acid groups (broad SMARTS) is 1. The van der Waals surface area contributed by atoms with Crippen LogP contribution in [0.15, 0.2) is 0 Å². The van der Waals surface area contributed by atoms with Crippen molar-refractivity contribution in [1.82, 2.24) is 5.32 Å². The van der Waals surface area contributed by atoms with Crippen LogP contribution in [0.3, 0.4) is 0 Å². The molecule has 0 aromatic heterocycles. The van der Waals surface area contributed by atoms with Gasteiger partial charge in [0.15, 0.2) is 0 Å². The van der Waals surface area contributed by atoms with E-state index >= 15 is 0 Å². The van der Waals surface area contributed by atoms with Crippen molar-refractivity contribution in [3.63, 3.8) is 0 Å². The zero-order valence-electron chi connectivity index (χ0n) is 11.4. The number of hydrogen-bond donors (Lipinski definition) is 2. The van der Waals surface area contributed by atoms with E-state index in [1.165, 1.54) is 0 Å². The Hall–Kier alpha value is -0.910. The molecular weight excluding hydrogens is 254 g/mol. The maximum atomic E-state index is 11.9. The summed E-state index contributed by atoms with van der Waals surface area (Å²) in [5.41, 5.74) is 0. The van der Waals surface area contributed by atoms with Crippen LogP contribution in [-0.2, 0) is 20.4 Å². The summed E-state index contributed by atoms with van der Waals surface area (Å²) < 4.78 is 11.9. The zero-order chi connectivity index (χ0) is 14.3. The summed E-state index contributed by atoms with van der Waals surface area (Å²) >= 11 is 0. The minimum atomic E-state index is -1.47. The van der Waals surface area contributed by atoms with Crippen molar-refractivity contribution in [2.75, 3.05) is 6.54 Å². The molecule has 0 fully saturated rings. The highest BCUT2D eigenvalue weighted by Gasteiger charge is 2.25. The smallest absolute Gasteiger partial charge is 0.304 e. The lowest BCUT2D eigenvalue weighted by atomic mass is 10.1. The SMILES string of the molecule is CC(C)CCNC(=O)C(C)S(=O)C(C)CC(=O)O. The molecule has 1 amide bonds. The second kappa shape index (κ2) is 8.24. The first-order valence-electron chi connectivity index (χ1n) is 6.14. The van der Waals surface area contributed by atoms with Crippen LogP contribution in [0.25, 0.3) is 0 Å². The largest absolute Gasteiger partial charge is 0.481 e. The van der Waals surface area contributed by atoms with Gasteiger partial charge in [-0.1, -0.05) is 20.8 Å². The van der Waals surface area contributed by atoms with Crippen molar-refractivity contribution in [2.45, 2.75) is 51.0 Å². The second-order valence-electron chi connectivity index (χ2n) is 4.85. The number of carboxylic acids is 1. The van der Waals surface area contributed by atoms with Gasteiger partial charge in [-0.3, -0.25) is 13.8 Å². The van der Waals surface area contributed by atoms with Crippen molar-refractivity contribution in [2.24, 2.45) is 5.92 Å². The van der Waals surface area contributed by atoms with Gasteiger partial charge in [-0.05, 0) is 19.3 Å². The van der Waals surface area contributed by atoms with E-state index in [2.05, 4.69) is 19.2 Å². The molecule has 0 bridgehead atoms. The van der Waals surface area contributed by atoms with Gasteiger partial charge in [0, 0.05) is 22.6 Å². The molecule has 0 aliphatic carbocycles. The highest BCUT2D eigenvalue weighted by molar-refractivity contribution is 7.87. The molecule has 0 aliphatic rings. The molecule has 18 heavy (non-hydrogen) atoms. The number of carbonyl (C=O) groups is 2. The first kappa shape index (κ1) is 17.1. The minimum absolute atomic E-state index is 0.184. The highest BCUT2D eigenvalue weighted by Crippen LogP contribution is 2.08. The molecule has 2 N–H and O–H groups in total. The lowest BCUT2D eigenvalue weighted by molar-refractivity contribution is -0.137. The normalized spacial score (nSPS) is 16.1. The topological polar surface area (TPSA) is 83.5 Å². The Morgan fingerprint density at radius 1 is 1.22 bits per heavy atom. The predicted octanol–water partition coefficient (Wildman–Crippen LogP) is 1.15. The van der Waals surface area contributed by atoms with E-state index < -0.39 is 27.3 Å². The lowest BCUT2D eigenvalue weighted by Crippen LogP contribution is -2.39. The maximum absolute atomic E-state index is 11.9. The Labute approximate surface area is 111 Å². The zero-order valence-corrected chi connectivity index (χ0v) is 12.3. The first-order chi connectivity index (χ1) is 8.25. The van der Waals surface area contributed by atoms with Crippen LogP contribution < -0.4 is 5.32 Å². The van der Waals surface area contributed by atoms with Crippen LogP contribution in [0.4, 0.5) is 0 Å². The fourth-order valence-corrected chi connectivity index (χ4v) is 2.71. The van der Waals surface area contributed by atoms with E-state index in [0.717, 1.165) is 6.42 Å². The van der Waals surface area contributed by atoms with E-state index in [9.17, 15) is 13.8 Å². The fourth-order valence-electron chi connectivity index (χ4n) is 1.41. The molecule has 0 saturated carbocycles.